The van der Waals surface area contributed by atoms with Crippen molar-refractivity contribution in [2.24, 2.45) is 0 Å². The number of thioether (sulfide) groups is 1. The number of carbonyl (C=O) groups excluding carboxylic acids is 2. The van der Waals surface area contributed by atoms with Crippen molar-refractivity contribution in [1.29, 1.82) is 0 Å². The van der Waals surface area contributed by atoms with E-state index in [0.29, 0.717) is 24.9 Å². The fourth-order valence-electron chi connectivity index (χ4n) is 5.10. The number of benzene rings is 1. The van der Waals surface area contributed by atoms with Crippen LogP contribution in [0.5, 0.6) is 5.75 Å². The summed E-state index contributed by atoms with van der Waals surface area (Å²) in [5.74, 6) is -1.25. The predicted molar refractivity (Wildman–Crippen MR) is 183 cm³/mol. The first kappa shape index (κ1) is 36.7. The van der Waals surface area contributed by atoms with E-state index in [1.165, 1.54) is 23.1 Å². The van der Waals surface area contributed by atoms with E-state index in [9.17, 15) is 24.6 Å². The van der Waals surface area contributed by atoms with Gasteiger partial charge in [-0.15, -0.1) is 11.8 Å². The number of allylic oxidation sites excluding steroid dienone is 10. The van der Waals surface area contributed by atoms with Gasteiger partial charge in [-0.05, 0) is 88.7 Å². The number of anilines is 1. The number of hydrogen-bond acceptors (Lipinski definition) is 5. The Morgan fingerprint density at radius 2 is 1.48 bits per heavy atom. The quantitative estimate of drug-likeness (QED) is 0.106. The first-order valence-electron chi connectivity index (χ1n) is 15.8. The smallest absolute Gasteiger partial charge is 0.339 e. The average molecular weight is 623 g/mol. The van der Waals surface area contributed by atoms with E-state index in [-0.39, 0.29) is 29.2 Å². The van der Waals surface area contributed by atoms with Gasteiger partial charge in [0, 0.05) is 11.7 Å². The number of carbonyl (C=O) groups is 3. The molecule has 0 radical (unpaired) electrons. The number of nitrogens with zero attached hydrogens (tertiary/aromatic N) is 1. The molecule has 240 valence electrons. The van der Waals surface area contributed by atoms with Gasteiger partial charge in [-0.25, -0.2) is 4.79 Å². The Morgan fingerprint density at radius 1 is 0.932 bits per heavy atom. The van der Waals surface area contributed by atoms with Crippen LogP contribution in [0, 0.1) is 0 Å². The van der Waals surface area contributed by atoms with Crippen molar-refractivity contribution in [2.45, 2.75) is 102 Å². The zero-order valence-corrected chi connectivity index (χ0v) is 27.5. The van der Waals surface area contributed by atoms with E-state index >= 15 is 0 Å². The number of rotatable bonds is 19. The lowest BCUT2D eigenvalue weighted by molar-refractivity contribution is -0.128. The van der Waals surface area contributed by atoms with Gasteiger partial charge in [0.15, 0.2) is 0 Å². The van der Waals surface area contributed by atoms with E-state index in [1.807, 2.05) is 20.8 Å². The second-order valence-corrected chi connectivity index (χ2v) is 12.4. The number of amides is 2. The maximum Gasteiger partial charge on any atom is 0.339 e. The number of hydrogen-bond donors (Lipinski definition) is 3. The van der Waals surface area contributed by atoms with Crippen molar-refractivity contribution in [3.8, 4) is 5.75 Å². The fourth-order valence-corrected chi connectivity index (χ4v) is 6.34. The number of carboxylic acid groups (broad SMARTS) is 1. The summed E-state index contributed by atoms with van der Waals surface area (Å²) >= 11 is 1.64. The van der Waals surface area contributed by atoms with Crippen LogP contribution >= 0.6 is 11.8 Å². The Balaban J connectivity index is 1.81. The van der Waals surface area contributed by atoms with Gasteiger partial charge in [-0.2, -0.15) is 0 Å². The summed E-state index contributed by atoms with van der Waals surface area (Å²) in [4.78, 5) is 39.8. The van der Waals surface area contributed by atoms with Crippen molar-refractivity contribution in [2.75, 3.05) is 10.7 Å². The van der Waals surface area contributed by atoms with Crippen LogP contribution in [0.25, 0.3) is 0 Å². The zero-order chi connectivity index (χ0) is 32.4. The third-order valence-corrected chi connectivity index (χ3v) is 9.48. The summed E-state index contributed by atoms with van der Waals surface area (Å²) in [5.41, 5.74) is 0.119. The molecular weight excluding hydrogens is 572 g/mol. The largest absolute Gasteiger partial charge is 0.507 e. The molecule has 0 aliphatic carbocycles. The van der Waals surface area contributed by atoms with Crippen LogP contribution in [0.4, 0.5) is 5.69 Å². The molecule has 8 heteroatoms. The SMILES string of the molecule is CC/C=C\C/C=C\C/C=C\C/C=C\C/C=C\CCSC(CC)(CC)C(=O)NC1CC(C)N(c2ccc(O)c(C(=O)O)c2)C1=O. The first-order chi connectivity index (χ1) is 21.2. The highest BCUT2D eigenvalue weighted by Crippen LogP contribution is 2.35. The second kappa shape index (κ2) is 19.7. The molecule has 1 aromatic rings. The third-order valence-electron chi connectivity index (χ3n) is 7.72. The molecule has 44 heavy (non-hydrogen) atoms. The summed E-state index contributed by atoms with van der Waals surface area (Å²) in [6, 6.07) is 3.16. The van der Waals surface area contributed by atoms with Crippen molar-refractivity contribution in [3.05, 3.63) is 84.5 Å². The van der Waals surface area contributed by atoms with Crippen LogP contribution in [0.1, 0.15) is 95.8 Å². The van der Waals surface area contributed by atoms with E-state index in [4.69, 9.17) is 0 Å². The molecule has 3 N–H and O–H groups in total. The van der Waals surface area contributed by atoms with Gasteiger partial charge in [0.05, 0.1) is 4.75 Å². The minimum atomic E-state index is -1.27. The van der Waals surface area contributed by atoms with Gasteiger partial charge in [-0.1, -0.05) is 81.5 Å². The number of nitrogens with one attached hydrogen (secondary N) is 1. The van der Waals surface area contributed by atoms with Crippen molar-refractivity contribution < 1.29 is 24.6 Å². The molecule has 0 aromatic heterocycles. The van der Waals surface area contributed by atoms with Gasteiger partial charge in [0.1, 0.15) is 17.4 Å². The Morgan fingerprint density at radius 3 is 2.00 bits per heavy atom. The summed E-state index contributed by atoms with van der Waals surface area (Å²) in [6.07, 6.45) is 29.2. The number of aromatic hydroxyl groups is 1. The van der Waals surface area contributed by atoms with E-state index in [0.717, 1.165) is 44.3 Å². The standard InChI is InChI=1S/C36H50N2O5S/c1-5-8-9-10-11-12-13-14-15-16-17-18-19-20-21-22-25-44-36(6-2,7-3)35(43)37-31-26-28(4)38(33(31)40)29-23-24-32(39)30(27-29)34(41)42/h8-9,11-12,14-15,17-18,20-21,23-24,27-28,31,39H,5-7,10,13,16,19,22,25-26H2,1-4H3,(H,37,43)(H,41,42)/b9-8-,12-11-,15-14-,18-17-,21-20-. The molecule has 1 fully saturated rings. The Bertz CT molecular complexity index is 1230. The molecule has 1 aliphatic heterocycles. The number of phenols is 1. The second-order valence-electron chi connectivity index (χ2n) is 10.9. The number of carboxylic acids is 1. The molecule has 0 saturated carbocycles. The van der Waals surface area contributed by atoms with E-state index in [1.54, 1.807) is 11.8 Å². The maximum atomic E-state index is 13.5. The summed E-state index contributed by atoms with van der Waals surface area (Å²) in [6.45, 7) is 8.01. The van der Waals surface area contributed by atoms with Gasteiger partial charge in [-0.3, -0.25) is 9.59 Å². The fraction of sp³-hybridized carbons (Fsp3) is 0.472. The Hall–Kier alpha value is -3.52. The summed E-state index contributed by atoms with van der Waals surface area (Å²) in [7, 11) is 0. The molecule has 2 unspecified atom stereocenters. The molecule has 1 heterocycles. The third kappa shape index (κ3) is 11.2. The molecule has 1 aromatic carbocycles. The van der Waals surface area contributed by atoms with Gasteiger partial charge in [0.2, 0.25) is 11.8 Å². The molecule has 1 aliphatic rings. The molecule has 2 atom stereocenters. The minimum Gasteiger partial charge on any atom is -0.507 e. The molecule has 2 amide bonds. The zero-order valence-electron chi connectivity index (χ0n) is 26.7. The predicted octanol–water partition coefficient (Wildman–Crippen LogP) is 8.13. The first-order valence-corrected chi connectivity index (χ1v) is 16.8. The molecule has 1 saturated heterocycles. The van der Waals surface area contributed by atoms with Crippen LogP contribution in [-0.4, -0.2) is 50.6 Å². The Kier molecular flexibility index (Phi) is 16.4. The average Bonchev–Trinajstić information content (AvgIpc) is 3.28. The van der Waals surface area contributed by atoms with Crippen LogP contribution in [0.2, 0.25) is 0 Å². The maximum absolute atomic E-state index is 13.5. The van der Waals surface area contributed by atoms with E-state index in [2.05, 4.69) is 73.0 Å². The molecular formula is C36H50N2O5S. The summed E-state index contributed by atoms with van der Waals surface area (Å²) in [5, 5.41) is 22.2. The minimum absolute atomic E-state index is 0.138. The van der Waals surface area contributed by atoms with Crippen LogP contribution < -0.4 is 10.2 Å². The van der Waals surface area contributed by atoms with Crippen LogP contribution in [-0.2, 0) is 9.59 Å². The van der Waals surface area contributed by atoms with Crippen molar-refractivity contribution in [3.63, 3.8) is 0 Å². The lowest BCUT2D eigenvalue weighted by Gasteiger charge is -2.31. The molecule has 0 spiro atoms. The Labute approximate surface area is 267 Å². The highest BCUT2D eigenvalue weighted by Gasteiger charge is 2.43. The monoisotopic (exact) mass is 622 g/mol. The van der Waals surface area contributed by atoms with Gasteiger partial charge in [0.25, 0.3) is 0 Å². The van der Waals surface area contributed by atoms with Crippen LogP contribution in [0.15, 0.2) is 79.0 Å². The molecule has 2 rings (SSSR count). The number of aromatic carboxylic acids is 1. The van der Waals surface area contributed by atoms with E-state index < -0.39 is 16.8 Å². The molecule has 0 bridgehead atoms. The van der Waals surface area contributed by atoms with Gasteiger partial charge < -0.3 is 20.4 Å². The summed E-state index contributed by atoms with van der Waals surface area (Å²) < 4.78 is -0.632. The van der Waals surface area contributed by atoms with Gasteiger partial charge >= 0.3 is 5.97 Å². The van der Waals surface area contributed by atoms with Crippen molar-refractivity contribution in [1.82, 2.24) is 5.32 Å². The highest BCUT2D eigenvalue weighted by molar-refractivity contribution is 8.01. The molecule has 7 nitrogen and oxygen atoms in total. The topological polar surface area (TPSA) is 107 Å². The highest BCUT2D eigenvalue weighted by atomic mass is 32.2. The normalized spacial score (nSPS) is 17.8. The lowest BCUT2D eigenvalue weighted by Crippen LogP contribution is -2.50. The lowest BCUT2D eigenvalue weighted by atomic mass is 10.0. The van der Waals surface area contributed by atoms with Crippen LogP contribution in [0.3, 0.4) is 0 Å². The van der Waals surface area contributed by atoms with Crippen molar-refractivity contribution >= 4 is 35.2 Å².